The predicted molar refractivity (Wildman–Crippen MR) is 125 cm³/mol. The van der Waals surface area contributed by atoms with E-state index in [1.807, 2.05) is 67.6 Å². The molecular weight excluding hydrogens is 382 g/mol. The van der Waals surface area contributed by atoms with Crippen molar-refractivity contribution in [3.63, 3.8) is 0 Å². The van der Waals surface area contributed by atoms with E-state index in [-0.39, 0.29) is 11.5 Å². The summed E-state index contributed by atoms with van der Waals surface area (Å²) >= 11 is 0. The van der Waals surface area contributed by atoms with Gasteiger partial charge in [0.25, 0.3) is 5.91 Å². The molecule has 0 radical (unpaired) electrons. The lowest BCUT2D eigenvalue weighted by atomic mass is 10.0. The fourth-order valence-corrected chi connectivity index (χ4v) is 3.82. The number of hydrogen-bond acceptors (Lipinski definition) is 2. The van der Waals surface area contributed by atoms with Crippen LogP contribution in [0.25, 0.3) is 28.2 Å². The van der Waals surface area contributed by atoms with Gasteiger partial charge in [-0.05, 0) is 42.7 Å². The lowest BCUT2D eigenvalue weighted by Gasteiger charge is -2.06. The zero-order valence-corrected chi connectivity index (χ0v) is 17.6. The van der Waals surface area contributed by atoms with Crippen molar-refractivity contribution in [1.29, 1.82) is 5.26 Å². The molecule has 31 heavy (non-hydrogen) atoms. The minimum Gasteiger partial charge on any atom is -0.354 e. The molecule has 0 atom stereocenters. The van der Waals surface area contributed by atoms with Crippen molar-refractivity contribution in [2.45, 2.75) is 20.4 Å². The van der Waals surface area contributed by atoms with E-state index in [0.29, 0.717) is 6.54 Å². The first-order valence-electron chi connectivity index (χ1n) is 10.2. The quantitative estimate of drug-likeness (QED) is 0.331. The SMILES string of the molecule is Cc1cc(C)c2[nH]c(-c3ccccc3)c(/C=C(/C#N)C(=O)NCc3ccccc3)c2c1. The van der Waals surface area contributed by atoms with Crippen molar-refractivity contribution >= 4 is 22.9 Å². The number of hydrogen-bond donors (Lipinski definition) is 2. The number of fused-ring (bicyclic) bond motifs is 1. The zero-order valence-electron chi connectivity index (χ0n) is 17.6. The molecule has 0 unspecified atom stereocenters. The van der Waals surface area contributed by atoms with Gasteiger partial charge in [-0.2, -0.15) is 5.26 Å². The number of H-pyrrole nitrogens is 1. The molecule has 152 valence electrons. The summed E-state index contributed by atoms with van der Waals surface area (Å²) in [6.07, 6.45) is 1.69. The highest BCUT2D eigenvalue weighted by molar-refractivity contribution is 6.06. The molecule has 4 nitrogen and oxygen atoms in total. The summed E-state index contributed by atoms with van der Waals surface area (Å²) in [5.41, 5.74) is 7.07. The van der Waals surface area contributed by atoms with Crippen molar-refractivity contribution in [1.82, 2.24) is 10.3 Å². The topological polar surface area (TPSA) is 68.7 Å². The number of rotatable bonds is 5. The van der Waals surface area contributed by atoms with Crippen LogP contribution in [-0.2, 0) is 11.3 Å². The monoisotopic (exact) mass is 405 g/mol. The molecule has 0 aliphatic heterocycles. The summed E-state index contributed by atoms with van der Waals surface area (Å²) in [6, 6.07) is 25.9. The minimum atomic E-state index is -0.385. The number of amides is 1. The van der Waals surface area contributed by atoms with E-state index in [4.69, 9.17) is 0 Å². The molecule has 0 bridgehead atoms. The first-order chi connectivity index (χ1) is 15.1. The van der Waals surface area contributed by atoms with E-state index in [2.05, 4.69) is 35.4 Å². The van der Waals surface area contributed by atoms with Gasteiger partial charge in [0.05, 0.1) is 5.69 Å². The second-order valence-corrected chi connectivity index (χ2v) is 7.62. The second kappa shape index (κ2) is 8.73. The molecule has 4 heteroatoms. The molecule has 1 aromatic heterocycles. The van der Waals surface area contributed by atoms with Crippen LogP contribution in [0.1, 0.15) is 22.3 Å². The molecule has 4 rings (SSSR count). The van der Waals surface area contributed by atoms with Gasteiger partial charge < -0.3 is 10.3 Å². The normalized spacial score (nSPS) is 11.3. The molecule has 4 aromatic rings. The molecule has 1 heterocycles. The lowest BCUT2D eigenvalue weighted by Crippen LogP contribution is -2.23. The van der Waals surface area contributed by atoms with Crippen molar-refractivity contribution in [3.05, 3.63) is 101 Å². The average molecular weight is 406 g/mol. The Hall–Kier alpha value is -4.10. The summed E-state index contributed by atoms with van der Waals surface area (Å²) in [5, 5.41) is 13.6. The molecule has 0 spiro atoms. The van der Waals surface area contributed by atoms with Crippen LogP contribution in [0.3, 0.4) is 0 Å². The Bertz CT molecular complexity index is 1310. The maximum Gasteiger partial charge on any atom is 0.262 e. The van der Waals surface area contributed by atoms with Gasteiger partial charge in [-0.3, -0.25) is 4.79 Å². The van der Waals surface area contributed by atoms with Gasteiger partial charge in [-0.1, -0.05) is 72.3 Å². The van der Waals surface area contributed by atoms with Gasteiger partial charge in [0.1, 0.15) is 11.6 Å². The molecule has 0 aliphatic carbocycles. The van der Waals surface area contributed by atoms with E-state index < -0.39 is 0 Å². The van der Waals surface area contributed by atoms with Gasteiger partial charge in [0.15, 0.2) is 0 Å². The summed E-state index contributed by atoms with van der Waals surface area (Å²) in [6.45, 7) is 4.48. The third-order valence-corrected chi connectivity index (χ3v) is 5.30. The summed E-state index contributed by atoms with van der Waals surface area (Å²) in [4.78, 5) is 16.3. The molecule has 0 saturated carbocycles. The van der Waals surface area contributed by atoms with Crippen LogP contribution in [0, 0.1) is 25.2 Å². The molecule has 3 aromatic carbocycles. The van der Waals surface area contributed by atoms with E-state index in [1.165, 1.54) is 0 Å². The van der Waals surface area contributed by atoms with E-state index in [9.17, 15) is 10.1 Å². The zero-order chi connectivity index (χ0) is 21.8. The fourth-order valence-electron chi connectivity index (χ4n) is 3.82. The summed E-state index contributed by atoms with van der Waals surface area (Å²) in [5.74, 6) is -0.385. The van der Waals surface area contributed by atoms with Crippen LogP contribution in [-0.4, -0.2) is 10.9 Å². The van der Waals surface area contributed by atoms with Gasteiger partial charge in [-0.25, -0.2) is 0 Å². The number of nitrogens with zero attached hydrogens (tertiary/aromatic N) is 1. The third-order valence-electron chi connectivity index (χ3n) is 5.30. The standard InChI is InChI=1S/C27H23N3O/c1-18-13-19(2)25-23(14-18)24(26(30-25)21-11-7-4-8-12-21)15-22(16-28)27(31)29-17-20-9-5-3-6-10-20/h3-15,30H,17H2,1-2H3,(H,29,31)/b22-15-. The van der Waals surface area contributed by atoms with Gasteiger partial charge in [0, 0.05) is 23.0 Å². The number of aromatic nitrogens is 1. The number of carbonyl (C=O) groups excluding carboxylic acids is 1. The first-order valence-corrected chi connectivity index (χ1v) is 10.2. The molecule has 1 amide bonds. The Morgan fingerprint density at radius 2 is 1.71 bits per heavy atom. The largest absolute Gasteiger partial charge is 0.354 e. The number of nitriles is 1. The van der Waals surface area contributed by atoms with Crippen LogP contribution >= 0.6 is 0 Å². The highest BCUT2D eigenvalue weighted by Crippen LogP contribution is 2.34. The lowest BCUT2D eigenvalue weighted by molar-refractivity contribution is -0.117. The number of nitrogens with one attached hydrogen (secondary N) is 2. The molecule has 0 fully saturated rings. The van der Waals surface area contributed by atoms with Crippen LogP contribution < -0.4 is 5.32 Å². The van der Waals surface area contributed by atoms with Gasteiger partial charge in [-0.15, -0.1) is 0 Å². The first kappa shape index (κ1) is 20.2. The molecule has 0 saturated heterocycles. The highest BCUT2D eigenvalue weighted by Gasteiger charge is 2.17. The van der Waals surface area contributed by atoms with Crippen molar-refractivity contribution < 1.29 is 4.79 Å². The molecule has 0 aliphatic rings. The second-order valence-electron chi connectivity index (χ2n) is 7.62. The highest BCUT2D eigenvalue weighted by atomic mass is 16.1. The average Bonchev–Trinajstić information content (AvgIpc) is 3.15. The van der Waals surface area contributed by atoms with E-state index in [1.54, 1.807) is 6.08 Å². The Morgan fingerprint density at radius 3 is 2.39 bits per heavy atom. The Balaban J connectivity index is 1.78. The van der Waals surface area contributed by atoms with Gasteiger partial charge >= 0.3 is 0 Å². The maximum atomic E-state index is 12.8. The Kier molecular flexibility index (Phi) is 5.68. The van der Waals surface area contributed by atoms with Crippen LogP contribution in [0.5, 0.6) is 0 Å². The van der Waals surface area contributed by atoms with E-state index in [0.717, 1.165) is 44.4 Å². The van der Waals surface area contributed by atoms with Crippen LogP contribution in [0.4, 0.5) is 0 Å². The Morgan fingerprint density at radius 1 is 1.03 bits per heavy atom. The van der Waals surface area contributed by atoms with Crippen LogP contribution in [0.15, 0.2) is 78.4 Å². The number of benzene rings is 3. The maximum absolute atomic E-state index is 12.8. The number of carbonyl (C=O) groups is 1. The smallest absolute Gasteiger partial charge is 0.262 e. The summed E-state index contributed by atoms with van der Waals surface area (Å²) in [7, 11) is 0. The van der Waals surface area contributed by atoms with Crippen LogP contribution in [0.2, 0.25) is 0 Å². The fraction of sp³-hybridized carbons (Fsp3) is 0.111. The van der Waals surface area contributed by atoms with E-state index >= 15 is 0 Å². The number of aromatic amines is 1. The third kappa shape index (κ3) is 4.26. The Labute approximate surface area is 181 Å². The predicted octanol–water partition coefficient (Wildman–Crippen LogP) is 5.68. The van der Waals surface area contributed by atoms with Crippen molar-refractivity contribution in [2.24, 2.45) is 0 Å². The number of aryl methyl sites for hydroxylation is 2. The van der Waals surface area contributed by atoms with Crippen molar-refractivity contribution in [2.75, 3.05) is 0 Å². The molecular formula is C27H23N3O. The minimum absolute atomic E-state index is 0.0770. The summed E-state index contributed by atoms with van der Waals surface area (Å²) < 4.78 is 0. The molecule has 2 N–H and O–H groups in total. The van der Waals surface area contributed by atoms with Crippen molar-refractivity contribution in [3.8, 4) is 17.3 Å². The van der Waals surface area contributed by atoms with Gasteiger partial charge in [0.2, 0.25) is 0 Å².